The summed E-state index contributed by atoms with van der Waals surface area (Å²) >= 11 is 5.59. The Bertz CT molecular complexity index is 562. The van der Waals surface area contributed by atoms with Crippen LogP contribution in [0.2, 0.25) is 0 Å². The molecule has 4 N–H and O–H groups in total. The molecule has 0 amide bonds. The van der Waals surface area contributed by atoms with Crippen molar-refractivity contribution in [2.24, 2.45) is 5.73 Å². The summed E-state index contributed by atoms with van der Waals surface area (Å²) in [5, 5.41) is 16.3. The van der Waals surface area contributed by atoms with Crippen LogP contribution in [0.15, 0.2) is 17.7 Å². The summed E-state index contributed by atoms with van der Waals surface area (Å²) in [6.45, 7) is 5.20. The van der Waals surface area contributed by atoms with Crippen molar-refractivity contribution in [1.82, 2.24) is 0 Å². The molecule has 0 aliphatic heterocycles. The lowest BCUT2D eigenvalue weighted by molar-refractivity contribution is 0.0696. The van der Waals surface area contributed by atoms with Crippen LogP contribution in [0.5, 0.6) is 0 Å². The number of benzene rings is 1. The fourth-order valence-corrected chi connectivity index (χ4v) is 1.79. The zero-order valence-corrected chi connectivity index (χ0v) is 11.2. The van der Waals surface area contributed by atoms with Gasteiger partial charge in [0.25, 0.3) is 0 Å². The van der Waals surface area contributed by atoms with E-state index in [-0.39, 0.29) is 10.7 Å². The molecule has 0 spiro atoms. The number of hydrogen-bond donors (Lipinski definition) is 3. The zero-order chi connectivity index (χ0) is 14.0. The molecule has 0 aromatic heterocycles. The predicted molar refractivity (Wildman–Crippen MR) is 73.2 cm³/mol. The first kappa shape index (κ1) is 14.3. The van der Waals surface area contributed by atoms with E-state index in [1.165, 1.54) is 6.07 Å². The minimum Gasteiger partial charge on any atom is -0.478 e. The summed E-state index contributed by atoms with van der Waals surface area (Å²) in [5.74, 6) is -1.000. The lowest BCUT2D eigenvalue weighted by Crippen LogP contribution is -2.08. The first-order valence-corrected chi connectivity index (χ1v) is 5.69. The molecule has 0 radical (unpaired) electrons. The average Bonchev–Trinajstić information content (AvgIpc) is 2.26. The quantitative estimate of drug-likeness (QED) is 0.735. The van der Waals surface area contributed by atoms with E-state index < -0.39 is 5.97 Å². The van der Waals surface area contributed by atoms with Crippen LogP contribution in [0, 0.1) is 19.3 Å². The summed E-state index contributed by atoms with van der Waals surface area (Å²) in [7, 11) is 0. The Morgan fingerprint density at radius 1 is 1.28 bits per heavy atom. The maximum Gasteiger partial charge on any atom is 0.335 e. The molecule has 0 aliphatic rings. The Balaban J connectivity index is 3.52. The predicted octanol–water partition coefficient (Wildman–Crippen LogP) is 2.91. The molecule has 1 aromatic rings. The number of allylic oxidation sites excluding steroid dienone is 1. The molecule has 4 nitrogen and oxygen atoms in total. The van der Waals surface area contributed by atoms with Gasteiger partial charge >= 0.3 is 5.97 Å². The van der Waals surface area contributed by atoms with E-state index >= 15 is 0 Å². The smallest absolute Gasteiger partial charge is 0.335 e. The van der Waals surface area contributed by atoms with Crippen LogP contribution in [0.25, 0.3) is 5.70 Å². The number of aryl methyl sites for hydroxylation is 2. The Hall–Kier alpha value is -1.81. The van der Waals surface area contributed by atoms with E-state index in [4.69, 9.17) is 27.9 Å². The van der Waals surface area contributed by atoms with Gasteiger partial charge in [0.2, 0.25) is 0 Å². The van der Waals surface area contributed by atoms with Gasteiger partial charge < -0.3 is 10.8 Å². The van der Waals surface area contributed by atoms with Gasteiger partial charge in [0.15, 0.2) is 0 Å². The standard InChI is InChI=1S/C13H15ClN2O2/c1-6-4-7(2)10(13(17)18)5-9(6)11(15)8(3)12(14)16/h4-5,16H,15H2,1-3H3,(H,17,18)/b11-8-,16-12?. The molecule has 1 aromatic carbocycles. The fourth-order valence-electron chi connectivity index (χ4n) is 1.69. The number of halogens is 1. The van der Waals surface area contributed by atoms with Crippen LogP contribution >= 0.6 is 11.6 Å². The summed E-state index contributed by atoms with van der Waals surface area (Å²) in [6.07, 6.45) is 0. The maximum absolute atomic E-state index is 11.1. The molecule has 0 fully saturated rings. The number of nitrogens with one attached hydrogen (secondary N) is 1. The monoisotopic (exact) mass is 266 g/mol. The highest BCUT2D eigenvalue weighted by molar-refractivity contribution is 6.69. The summed E-state index contributed by atoms with van der Waals surface area (Å²) < 4.78 is 0. The van der Waals surface area contributed by atoms with Crippen molar-refractivity contribution in [1.29, 1.82) is 5.41 Å². The van der Waals surface area contributed by atoms with E-state index in [0.717, 1.165) is 5.56 Å². The highest BCUT2D eigenvalue weighted by Crippen LogP contribution is 2.23. The number of rotatable bonds is 3. The van der Waals surface area contributed by atoms with Crippen LogP contribution < -0.4 is 5.73 Å². The van der Waals surface area contributed by atoms with Gasteiger partial charge in [-0.05, 0) is 38.0 Å². The molecular weight excluding hydrogens is 252 g/mol. The third-order valence-corrected chi connectivity index (χ3v) is 3.11. The van der Waals surface area contributed by atoms with Crippen molar-refractivity contribution >= 4 is 28.4 Å². The third-order valence-electron chi connectivity index (χ3n) is 2.83. The maximum atomic E-state index is 11.1. The van der Waals surface area contributed by atoms with E-state index in [1.807, 2.05) is 6.92 Å². The second-order valence-electron chi connectivity index (χ2n) is 4.14. The molecule has 18 heavy (non-hydrogen) atoms. The van der Waals surface area contributed by atoms with Crippen LogP contribution in [-0.2, 0) is 0 Å². The highest BCUT2D eigenvalue weighted by Gasteiger charge is 2.14. The molecule has 0 bridgehead atoms. The lowest BCUT2D eigenvalue weighted by Gasteiger charge is -2.12. The number of hydrogen-bond acceptors (Lipinski definition) is 3. The Labute approximate surface area is 111 Å². The van der Waals surface area contributed by atoms with Gasteiger partial charge in [0.1, 0.15) is 5.17 Å². The highest BCUT2D eigenvalue weighted by atomic mass is 35.5. The normalized spacial score (nSPS) is 12.0. The molecule has 5 heteroatoms. The molecule has 0 atom stereocenters. The van der Waals surface area contributed by atoms with E-state index in [0.29, 0.717) is 22.4 Å². The molecule has 1 rings (SSSR count). The Morgan fingerprint density at radius 2 is 1.78 bits per heavy atom. The van der Waals surface area contributed by atoms with E-state index in [2.05, 4.69) is 0 Å². The minimum atomic E-state index is -1.000. The van der Waals surface area contributed by atoms with Crippen molar-refractivity contribution in [2.75, 3.05) is 0 Å². The minimum absolute atomic E-state index is 0.149. The molecule has 0 saturated carbocycles. The van der Waals surface area contributed by atoms with Crippen LogP contribution in [-0.4, -0.2) is 16.2 Å². The topological polar surface area (TPSA) is 87.2 Å². The second kappa shape index (κ2) is 5.23. The fraction of sp³-hybridized carbons (Fsp3) is 0.231. The van der Waals surface area contributed by atoms with E-state index in [1.54, 1.807) is 19.9 Å². The molecule has 0 unspecified atom stereocenters. The molecule has 0 aliphatic carbocycles. The molecular formula is C13H15ClN2O2. The van der Waals surface area contributed by atoms with Gasteiger partial charge in [-0.15, -0.1) is 0 Å². The van der Waals surface area contributed by atoms with Gasteiger partial charge in [-0.2, -0.15) is 0 Å². The van der Waals surface area contributed by atoms with Crippen molar-refractivity contribution in [3.63, 3.8) is 0 Å². The molecule has 0 heterocycles. The number of carboxylic acids is 1. The van der Waals surface area contributed by atoms with Crippen molar-refractivity contribution < 1.29 is 9.90 Å². The summed E-state index contributed by atoms with van der Waals surface area (Å²) in [5.41, 5.74) is 9.01. The van der Waals surface area contributed by atoms with Crippen LogP contribution in [0.1, 0.15) is 34.0 Å². The number of nitrogens with two attached hydrogens (primary N) is 1. The SMILES string of the molecule is C/C(C(=N)Cl)=C(/N)c1cc(C(=O)O)c(C)cc1C. The first-order valence-electron chi connectivity index (χ1n) is 5.31. The van der Waals surface area contributed by atoms with Gasteiger partial charge in [0.05, 0.1) is 5.56 Å². The molecule has 96 valence electrons. The number of aromatic carboxylic acids is 1. The van der Waals surface area contributed by atoms with Crippen LogP contribution in [0.3, 0.4) is 0 Å². The lowest BCUT2D eigenvalue weighted by atomic mass is 9.96. The van der Waals surface area contributed by atoms with Gasteiger partial charge in [-0.25, -0.2) is 4.79 Å². The average molecular weight is 267 g/mol. The van der Waals surface area contributed by atoms with Crippen molar-refractivity contribution in [3.05, 3.63) is 40.0 Å². The Kier molecular flexibility index (Phi) is 4.14. The zero-order valence-electron chi connectivity index (χ0n) is 10.5. The largest absolute Gasteiger partial charge is 0.478 e. The molecule has 0 saturated heterocycles. The van der Waals surface area contributed by atoms with Gasteiger partial charge in [-0.1, -0.05) is 17.7 Å². The van der Waals surface area contributed by atoms with Gasteiger partial charge in [-0.3, -0.25) is 5.41 Å². The summed E-state index contributed by atoms with van der Waals surface area (Å²) in [4.78, 5) is 11.1. The van der Waals surface area contributed by atoms with E-state index in [9.17, 15) is 4.79 Å². The van der Waals surface area contributed by atoms with Crippen molar-refractivity contribution in [3.8, 4) is 0 Å². The number of carboxylic acid groups (broad SMARTS) is 1. The van der Waals surface area contributed by atoms with Crippen molar-refractivity contribution in [2.45, 2.75) is 20.8 Å². The second-order valence-corrected chi connectivity index (χ2v) is 4.52. The van der Waals surface area contributed by atoms with Crippen LogP contribution in [0.4, 0.5) is 0 Å². The Morgan fingerprint density at radius 3 is 2.22 bits per heavy atom. The number of carbonyl (C=O) groups is 1. The first-order chi connectivity index (χ1) is 8.25. The third kappa shape index (κ3) is 2.71. The summed E-state index contributed by atoms with van der Waals surface area (Å²) in [6, 6.07) is 3.28. The van der Waals surface area contributed by atoms with Gasteiger partial charge in [0, 0.05) is 16.8 Å².